The maximum absolute atomic E-state index is 12.6. The van der Waals surface area contributed by atoms with Gasteiger partial charge in [-0.2, -0.15) is 10.2 Å². The Hall–Kier alpha value is -2.38. The Balaban J connectivity index is 1.41. The molecule has 3 heterocycles. The predicted octanol–water partition coefficient (Wildman–Crippen LogP) is 0.453. The van der Waals surface area contributed by atoms with Gasteiger partial charge in [-0.05, 0) is 37.7 Å². The second-order valence-corrected chi connectivity index (χ2v) is 7.07. The van der Waals surface area contributed by atoms with Gasteiger partial charge in [0.05, 0.1) is 18.2 Å². The zero-order valence-corrected chi connectivity index (χ0v) is 14.5. The molecule has 2 aromatic rings. The van der Waals surface area contributed by atoms with E-state index in [9.17, 15) is 9.59 Å². The summed E-state index contributed by atoms with van der Waals surface area (Å²) >= 11 is 0. The summed E-state index contributed by atoms with van der Waals surface area (Å²) in [5.41, 5.74) is 3.32. The fourth-order valence-corrected chi connectivity index (χ4v) is 3.94. The van der Waals surface area contributed by atoms with Crippen molar-refractivity contribution in [3.8, 4) is 0 Å². The smallest absolute Gasteiger partial charge is 0.345 e. The van der Waals surface area contributed by atoms with Gasteiger partial charge in [0.2, 0.25) is 5.91 Å². The SMILES string of the molecule is Cn1nc2n(c1=O)CC(C(=O)NCc1n[nH]c3c1CCCCC3)CC2. The molecule has 0 bridgehead atoms. The minimum Gasteiger partial charge on any atom is -0.350 e. The zero-order chi connectivity index (χ0) is 17.4. The number of amides is 1. The van der Waals surface area contributed by atoms with E-state index in [2.05, 4.69) is 20.6 Å². The highest BCUT2D eigenvalue weighted by atomic mass is 16.2. The average molecular weight is 344 g/mol. The van der Waals surface area contributed by atoms with E-state index in [4.69, 9.17) is 0 Å². The average Bonchev–Trinajstić information content (AvgIpc) is 3.02. The van der Waals surface area contributed by atoms with Gasteiger partial charge in [-0.3, -0.25) is 14.5 Å². The van der Waals surface area contributed by atoms with E-state index in [1.54, 1.807) is 11.6 Å². The number of nitrogens with one attached hydrogen (secondary N) is 2. The van der Waals surface area contributed by atoms with Gasteiger partial charge in [0.15, 0.2) is 0 Å². The van der Waals surface area contributed by atoms with Crippen molar-refractivity contribution in [2.24, 2.45) is 13.0 Å². The number of H-pyrrole nitrogens is 1. The number of aromatic amines is 1. The lowest BCUT2D eigenvalue weighted by molar-refractivity contribution is -0.126. The van der Waals surface area contributed by atoms with Gasteiger partial charge in [-0.15, -0.1) is 0 Å². The van der Waals surface area contributed by atoms with Crippen LogP contribution in [0.4, 0.5) is 0 Å². The van der Waals surface area contributed by atoms with Crippen molar-refractivity contribution in [1.82, 2.24) is 29.9 Å². The molecular weight excluding hydrogens is 320 g/mol. The zero-order valence-electron chi connectivity index (χ0n) is 14.5. The topological polar surface area (TPSA) is 97.6 Å². The van der Waals surface area contributed by atoms with E-state index in [1.807, 2.05) is 0 Å². The summed E-state index contributed by atoms with van der Waals surface area (Å²) in [7, 11) is 1.64. The van der Waals surface area contributed by atoms with Crippen molar-refractivity contribution in [3.63, 3.8) is 0 Å². The lowest BCUT2D eigenvalue weighted by Gasteiger charge is -2.21. The molecule has 8 heteroatoms. The van der Waals surface area contributed by atoms with Crippen LogP contribution >= 0.6 is 0 Å². The van der Waals surface area contributed by atoms with Gasteiger partial charge >= 0.3 is 5.69 Å². The standard InChI is InChI=1S/C17H24N6O2/c1-22-17(25)23-10-11(7-8-15(23)21-22)16(24)18-9-14-12-5-3-2-4-6-13(12)19-20-14/h11H,2-10H2,1H3,(H,18,24)(H,19,20). The quantitative estimate of drug-likeness (QED) is 0.790. The summed E-state index contributed by atoms with van der Waals surface area (Å²) in [5, 5.41) is 14.8. The first-order valence-electron chi connectivity index (χ1n) is 9.09. The van der Waals surface area contributed by atoms with Crippen LogP contribution in [0.5, 0.6) is 0 Å². The number of carbonyl (C=O) groups excluding carboxylic acids is 1. The summed E-state index contributed by atoms with van der Waals surface area (Å²) in [4.78, 5) is 24.6. The van der Waals surface area contributed by atoms with Crippen LogP contribution < -0.4 is 11.0 Å². The molecule has 2 aromatic heterocycles. The number of fused-ring (bicyclic) bond motifs is 2. The molecule has 2 N–H and O–H groups in total. The van der Waals surface area contributed by atoms with Gasteiger partial charge in [0.25, 0.3) is 0 Å². The molecule has 8 nitrogen and oxygen atoms in total. The highest BCUT2D eigenvalue weighted by Crippen LogP contribution is 2.22. The lowest BCUT2D eigenvalue weighted by atomic mass is 9.98. The van der Waals surface area contributed by atoms with Crippen LogP contribution in [0.3, 0.4) is 0 Å². The highest BCUT2D eigenvalue weighted by Gasteiger charge is 2.28. The van der Waals surface area contributed by atoms with Crippen molar-refractivity contribution < 1.29 is 4.79 Å². The normalized spacial score (nSPS) is 19.8. The first-order valence-corrected chi connectivity index (χ1v) is 9.09. The third-order valence-electron chi connectivity index (χ3n) is 5.40. The Kier molecular flexibility index (Phi) is 4.19. The monoisotopic (exact) mass is 344 g/mol. The van der Waals surface area contributed by atoms with Gasteiger partial charge in [-0.1, -0.05) is 6.42 Å². The Morgan fingerprint density at radius 3 is 3.00 bits per heavy atom. The number of carbonyl (C=O) groups is 1. The van der Waals surface area contributed by atoms with Crippen molar-refractivity contribution in [2.75, 3.05) is 0 Å². The van der Waals surface area contributed by atoms with E-state index in [1.165, 1.54) is 35.2 Å². The molecule has 1 aliphatic heterocycles. The van der Waals surface area contributed by atoms with Crippen LogP contribution in [0, 0.1) is 5.92 Å². The summed E-state index contributed by atoms with van der Waals surface area (Å²) < 4.78 is 2.96. The van der Waals surface area contributed by atoms with Crippen LogP contribution in [-0.2, 0) is 44.2 Å². The predicted molar refractivity (Wildman–Crippen MR) is 91.0 cm³/mol. The van der Waals surface area contributed by atoms with E-state index in [0.29, 0.717) is 19.5 Å². The van der Waals surface area contributed by atoms with E-state index in [-0.39, 0.29) is 17.5 Å². The van der Waals surface area contributed by atoms with Gasteiger partial charge in [0.1, 0.15) is 5.82 Å². The number of hydrogen-bond acceptors (Lipinski definition) is 4. The molecule has 1 unspecified atom stereocenters. The maximum Gasteiger partial charge on any atom is 0.345 e. The van der Waals surface area contributed by atoms with E-state index in [0.717, 1.165) is 30.8 Å². The minimum atomic E-state index is -0.188. The molecule has 2 aliphatic rings. The lowest BCUT2D eigenvalue weighted by Crippen LogP contribution is -2.38. The number of aromatic nitrogens is 5. The summed E-state index contributed by atoms with van der Waals surface area (Å²) in [5.74, 6) is 0.577. The first-order chi connectivity index (χ1) is 12.1. The van der Waals surface area contributed by atoms with Crippen molar-refractivity contribution in [2.45, 2.75) is 58.0 Å². The molecule has 25 heavy (non-hydrogen) atoms. The molecule has 0 spiro atoms. The third-order valence-corrected chi connectivity index (χ3v) is 5.40. The Labute approximate surface area is 145 Å². The van der Waals surface area contributed by atoms with Crippen molar-refractivity contribution in [3.05, 3.63) is 33.3 Å². The van der Waals surface area contributed by atoms with Crippen molar-refractivity contribution >= 4 is 5.91 Å². The number of aryl methyl sites for hydroxylation is 3. The van der Waals surface area contributed by atoms with E-state index >= 15 is 0 Å². The molecule has 0 fully saturated rings. The Morgan fingerprint density at radius 2 is 2.12 bits per heavy atom. The van der Waals surface area contributed by atoms with Gasteiger partial charge < -0.3 is 5.32 Å². The largest absolute Gasteiger partial charge is 0.350 e. The third kappa shape index (κ3) is 3.01. The fraction of sp³-hybridized carbons (Fsp3) is 0.647. The molecule has 0 aromatic carbocycles. The minimum absolute atomic E-state index is 0.00762. The maximum atomic E-state index is 12.6. The molecule has 1 atom stereocenters. The number of rotatable bonds is 3. The highest BCUT2D eigenvalue weighted by molar-refractivity contribution is 5.78. The van der Waals surface area contributed by atoms with Crippen LogP contribution in [0.15, 0.2) is 4.79 Å². The van der Waals surface area contributed by atoms with Crippen LogP contribution in [0.25, 0.3) is 0 Å². The Bertz CT molecular complexity index is 846. The molecule has 0 radical (unpaired) electrons. The summed E-state index contributed by atoms with van der Waals surface area (Å²) in [6.07, 6.45) is 7.10. The Morgan fingerprint density at radius 1 is 1.28 bits per heavy atom. The van der Waals surface area contributed by atoms with Crippen molar-refractivity contribution in [1.29, 1.82) is 0 Å². The molecule has 1 aliphatic carbocycles. The van der Waals surface area contributed by atoms with Gasteiger partial charge in [0, 0.05) is 25.7 Å². The van der Waals surface area contributed by atoms with Crippen LogP contribution in [0.2, 0.25) is 0 Å². The molecule has 4 rings (SSSR count). The number of hydrogen-bond donors (Lipinski definition) is 2. The molecule has 0 saturated heterocycles. The molecule has 134 valence electrons. The fourth-order valence-electron chi connectivity index (χ4n) is 3.94. The molecule has 1 amide bonds. The second kappa shape index (κ2) is 6.50. The summed E-state index contributed by atoms with van der Waals surface area (Å²) in [6.45, 7) is 0.864. The molecule has 0 saturated carbocycles. The summed E-state index contributed by atoms with van der Waals surface area (Å²) in [6, 6.07) is 0. The van der Waals surface area contributed by atoms with Gasteiger partial charge in [-0.25, -0.2) is 9.48 Å². The number of nitrogens with zero attached hydrogens (tertiary/aromatic N) is 4. The van der Waals surface area contributed by atoms with E-state index < -0.39 is 0 Å². The first kappa shape index (κ1) is 16.1. The van der Waals surface area contributed by atoms with Crippen LogP contribution in [-0.4, -0.2) is 30.5 Å². The van der Waals surface area contributed by atoms with Crippen LogP contribution in [0.1, 0.15) is 48.5 Å². The molecular formula is C17H24N6O2. The second-order valence-electron chi connectivity index (χ2n) is 7.07.